The number of amides is 1. The number of carbonyl (C=O) groups is 1. The van der Waals surface area contributed by atoms with Crippen molar-refractivity contribution in [2.24, 2.45) is 0 Å². The zero-order valence-corrected chi connectivity index (χ0v) is 13.7. The van der Waals surface area contributed by atoms with E-state index in [1.807, 2.05) is 18.6 Å². The second-order valence-corrected chi connectivity index (χ2v) is 6.53. The predicted octanol–water partition coefficient (Wildman–Crippen LogP) is 1.61. The molecule has 2 aliphatic heterocycles. The zero-order valence-electron chi connectivity index (χ0n) is 13.7. The molecule has 0 spiro atoms. The van der Waals surface area contributed by atoms with Crippen LogP contribution in [-0.4, -0.2) is 44.6 Å². The minimum absolute atomic E-state index is 0.135. The molecule has 24 heavy (non-hydrogen) atoms. The molecular weight excluding hydrogens is 304 g/mol. The molecule has 2 aromatic rings. The van der Waals surface area contributed by atoms with Crippen LogP contribution in [0.2, 0.25) is 0 Å². The number of aromatic nitrogens is 4. The lowest BCUT2D eigenvalue weighted by Gasteiger charge is -2.26. The van der Waals surface area contributed by atoms with Gasteiger partial charge >= 0.3 is 0 Å². The first-order chi connectivity index (χ1) is 11.8. The molecule has 4 rings (SSSR count). The lowest BCUT2D eigenvalue weighted by molar-refractivity contribution is -0.119. The quantitative estimate of drug-likeness (QED) is 0.924. The van der Waals surface area contributed by atoms with E-state index in [9.17, 15) is 4.79 Å². The van der Waals surface area contributed by atoms with E-state index in [1.54, 1.807) is 6.20 Å². The summed E-state index contributed by atoms with van der Waals surface area (Å²) >= 11 is 0. The van der Waals surface area contributed by atoms with Crippen molar-refractivity contribution in [3.8, 4) is 11.4 Å². The van der Waals surface area contributed by atoms with Crippen LogP contribution in [0.5, 0.6) is 0 Å². The third-order valence-corrected chi connectivity index (χ3v) is 4.75. The van der Waals surface area contributed by atoms with E-state index in [4.69, 9.17) is 0 Å². The number of carbonyl (C=O) groups excluding carboxylic acids is 1. The SMILES string of the molecule is O=C1CCC(Cn2ccnc2-c2cnc(N3CCCCC3)nc2)N1. The van der Waals surface area contributed by atoms with E-state index in [1.165, 1.54) is 19.3 Å². The molecule has 0 saturated carbocycles. The maximum Gasteiger partial charge on any atom is 0.225 e. The molecule has 0 bridgehead atoms. The van der Waals surface area contributed by atoms with Crippen molar-refractivity contribution >= 4 is 11.9 Å². The van der Waals surface area contributed by atoms with Gasteiger partial charge in [0.05, 0.1) is 5.56 Å². The molecule has 7 heteroatoms. The summed E-state index contributed by atoms with van der Waals surface area (Å²) in [4.78, 5) is 27.1. The summed E-state index contributed by atoms with van der Waals surface area (Å²) in [5, 5.41) is 3.00. The second-order valence-electron chi connectivity index (χ2n) is 6.53. The highest BCUT2D eigenvalue weighted by Gasteiger charge is 2.22. The van der Waals surface area contributed by atoms with Gasteiger partial charge in [0.2, 0.25) is 11.9 Å². The van der Waals surface area contributed by atoms with Gasteiger partial charge in [0, 0.05) is 56.9 Å². The van der Waals surface area contributed by atoms with Crippen molar-refractivity contribution in [3.63, 3.8) is 0 Å². The summed E-state index contributed by atoms with van der Waals surface area (Å²) in [5.41, 5.74) is 0.907. The molecule has 1 unspecified atom stereocenters. The van der Waals surface area contributed by atoms with Crippen LogP contribution in [0.4, 0.5) is 5.95 Å². The zero-order chi connectivity index (χ0) is 16.4. The highest BCUT2D eigenvalue weighted by atomic mass is 16.1. The molecule has 2 saturated heterocycles. The van der Waals surface area contributed by atoms with Gasteiger partial charge in [-0.1, -0.05) is 0 Å². The van der Waals surface area contributed by atoms with Gasteiger partial charge in [0.15, 0.2) is 0 Å². The van der Waals surface area contributed by atoms with Gasteiger partial charge in [-0.15, -0.1) is 0 Å². The Bertz CT molecular complexity index is 704. The number of piperidine rings is 1. The number of nitrogens with zero attached hydrogens (tertiary/aromatic N) is 5. The standard InChI is InChI=1S/C17H22N6O/c24-15-5-4-14(21-15)12-23-9-6-18-16(23)13-10-19-17(20-11-13)22-7-2-1-3-8-22/h6,9-11,14H,1-5,7-8,12H2,(H,21,24). The minimum Gasteiger partial charge on any atom is -0.352 e. The molecule has 0 radical (unpaired) electrons. The summed E-state index contributed by atoms with van der Waals surface area (Å²) in [6.45, 7) is 2.81. The van der Waals surface area contributed by atoms with Crippen LogP contribution >= 0.6 is 0 Å². The van der Waals surface area contributed by atoms with Gasteiger partial charge in [-0.2, -0.15) is 0 Å². The predicted molar refractivity (Wildman–Crippen MR) is 90.5 cm³/mol. The van der Waals surface area contributed by atoms with Crippen molar-refractivity contribution in [2.75, 3.05) is 18.0 Å². The normalized spacial score (nSPS) is 21.1. The number of nitrogens with one attached hydrogen (secondary N) is 1. The van der Waals surface area contributed by atoms with Crippen LogP contribution in [0.3, 0.4) is 0 Å². The smallest absolute Gasteiger partial charge is 0.225 e. The third kappa shape index (κ3) is 3.11. The molecule has 1 amide bonds. The first kappa shape index (κ1) is 15.1. The maximum absolute atomic E-state index is 11.4. The number of imidazole rings is 1. The number of anilines is 1. The average Bonchev–Trinajstić information content (AvgIpc) is 3.25. The van der Waals surface area contributed by atoms with Gasteiger partial charge in [-0.3, -0.25) is 4.79 Å². The molecule has 7 nitrogen and oxygen atoms in total. The summed E-state index contributed by atoms with van der Waals surface area (Å²) in [5.74, 6) is 1.79. The largest absolute Gasteiger partial charge is 0.352 e. The molecule has 1 atom stereocenters. The summed E-state index contributed by atoms with van der Waals surface area (Å²) < 4.78 is 2.07. The van der Waals surface area contributed by atoms with Gasteiger partial charge in [-0.25, -0.2) is 15.0 Å². The lowest BCUT2D eigenvalue weighted by atomic mass is 10.1. The number of hydrogen-bond acceptors (Lipinski definition) is 5. The van der Waals surface area contributed by atoms with E-state index in [0.717, 1.165) is 43.4 Å². The Hall–Kier alpha value is -2.44. The van der Waals surface area contributed by atoms with Crippen molar-refractivity contribution in [3.05, 3.63) is 24.8 Å². The molecular formula is C17H22N6O. The van der Waals surface area contributed by atoms with E-state index in [-0.39, 0.29) is 11.9 Å². The summed E-state index contributed by atoms with van der Waals surface area (Å²) in [7, 11) is 0. The monoisotopic (exact) mass is 326 g/mol. The van der Waals surface area contributed by atoms with Crippen LogP contribution in [0, 0.1) is 0 Å². The van der Waals surface area contributed by atoms with Gasteiger partial charge in [-0.05, 0) is 25.7 Å². The van der Waals surface area contributed by atoms with E-state index >= 15 is 0 Å². The van der Waals surface area contributed by atoms with Gasteiger partial charge in [0.1, 0.15) is 5.82 Å². The molecule has 2 fully saturated rings. The average molecular weight is 326 g/mol. The summed E-state index contributed by atoms with van der Waals surface area (Å²) in [6.07, 6.45) is 12.6. The maximum atomic E-state index is 11.4. The van der Waals surface area contributed by atoms with Crippen molar-refractivity contribution in [2.45, 2.75) is 44.7 Å². The lowest BCUT2D eigenvalue weighted by Crippen LogP contribution is -2.31. The molecule has 4 heterocycles. The Morgan fingerprint density at radius 1 is 1.12 bits per heavy atom. The fourth-order valence-corrected chi connectivity index (χ4v) is 3.46. The number of hydrogen-bond donors (Lipinski definition) is 1. The molecule has 2 aliphatic rings. The van der Waals surface area contributed by atoms with E-state index < -0.39 is 0 Å². The van der Waals surface area contributed by atoms with E-state index in [0.29, 0.717) is 6.42 Å². The Balaban J connectivity index is 1.49. The fourth-order valence-electron chi connectivity index (χ4n) is 3.46. The minimum atomic E-state index is 0.135. The first-order valence-corrected chi connectivity index (χ1v) is 8.67. The van der Waals surface area contributed by atoms with Crippen LogP contribution < -0.4 is 10.2 Å². The third-order valence-electron chi connectivity index (χ3n) is 4.75. The van der Waals surface area contributed by atoms with Crippen molar-refractivity contribution in [1.82, 2.24) is 24.8 Å². The molecule has 126 valence electrons. The van der Waals surface area contributed by atoms with E-state index in [2.05, 4.69) is 29.7 Å². The molecule has 0 aromatic carbocycles. The van der Waals surface area contributed by atoms with Crippen LogP contribution in [0.15, 0.2) is 24.8 Å². The van der Waals surface area contributed by atoms with Crippen LogP contribution in [0.25, 0.3) is 11.4 Å². The fraction of sp³-hybridized carbons (Fsp3) is 0.529. The highest BCUT2D eigenvalue weighted by Crippen LogP contribution is 2.21. The van der Waals surface area contributed by atoms with Gasteiger partial charge < -0.3 is 14.8 Å². The second kappa shape index (κ2) is 6.59. The molecule has 2 aromatic heterocycles. The van der Waals surface area contributed by atoms with Crippen molar-refractivity contribution < 1.29 is 4.79 Å². The molecule has 1 N–H and O–H groups in total. The topological polar surface area (TPSA) is 75.9 Å². The van der Waals surface area contributed by atoms with Crippen molar-refractivity contribution in [1.29, 1.82) is 0 Å². The Kier molecular flexibility index (Phi) is 4.15. The Morgan fingerprint density at radius 2 is 1.92 bits per heavy atom. The number of rotatable bonds is 4. The first-order valence-electron chi connectivity index (χ1n) is 8.67. The van der Waals surface area contributed by atoms with Crippen LogP contribution in [0.1, 0.15) is 32.1 Å². The van der Waals surface area contributed by atoms with Gasteiger partial charge in [0.25, 0.3) is 0 Å². The summed E-state index contributed by atoms with van der Waals surface area (Å²) in [6, 6.07) is 0.180. The highest BCUT2D eigenvalue weighted by molar-refractivity contribution is 5.78. The molecule has 0 aliphatic carbocycles. The Labute approximate surface area is 141 Å². The Morgan fingerprint density at radius 3 is 2.62 bits per heavy atom. The van der Waals surface area contributed by atoms with Crippen LogP contribution in [-0.2, 0) is 11.3 Å².